The van der Waals surface area contributed by atoms with Crippen molar-refractivity contribution in [3.05, 3.63) is 82.6 Å². The molecule has 27 heavy (non-hydrogen) atoms. The third-order valence-electron chi connectivity index (χ3n) is 4.04. The third kappa shape index (κ3) is 3.79. The van der Waals surface area contributed by atoms with Crippen LogP contribution in [0.3, 0.4) is 0 Å². The maximum atomic E-state index is 12.6. The molecule has 0 spiro atoms. The number of rotatable bonds is 4. The van der Waals surface area contributed by atoms with E-state index in [1.54, 1.807) is 41.2 Å². The Balaban J connectivity index is 1.69. The van der Waals surface area contributed by atoms with Crippen molar-refractivity contribution in [1.82, 2.24) is 14.6 Å². The number of carbonyl (C=O) groups is 1. The van der Waals surface area contributed by atoms with Gasteiger partial charge in [-0.05, 0) is 41.5 Å². The molecule has 5 nitrogen and oxygen atoms in total. The highest BCUT2D eigenvalue weighted by atomic mass is 35.5. The Bertz CT molecular complexity index is 1120. The predicted molar refractivity (Wildman–Crippen MR) is 107 cm³/mol. The number of hydrogen-bond acceptors (Lipinski definition) is 3. The molecule has 0 saturated carbocycles. The minimum absolute atomic E-state index is 0.177. The number of amides is 1. The molecule has 7 heteroatoms. The van der Waals surface area contributed by atoms with Gasteiger partial charge in [0.25, 0.3) is 0 Å². The van der Waals surface area contributed by atoms with Crippen molar-refractivity contribution in [2.24, 2.45) is 0 Å². The lowest BCUT2D eigenvalue weighted by Gasteiger charge is -2.06. The van der Waals surface area contributed by atoms with Gasteiger partial charge < -0.3 is 5.32 Å². The number of fused-ring (bicyclic) bond motifs is 1. The molecule has 0 saturated heterocycles. The summed E-state index contributed by atoms with van der Waals surface area (Å²) < 4.78 is 1.63. The first-order chi connectivity index (χ1) is 13.1. The quantitative estimate of drug-likeness (QED) is 0.534. The molecule has 1 N–H and O–H groups in total. The van der Waals surface area contributed by atoms with Crippen LogP contribution in [0, 0.1) is 0 Å². The molecule has 0 radical (unpaired) electrons. The molecular formula is C20H14Cl2N4O. The van der Waals surface area contributed by atoms with Gasteiger partial charge in [-0.15, -0.1) is 5.10 Å². The summed E-state index contributed by atoms with van der Waals surface area (Å²) in [4.78, 5) is 17.0. The number of benzene rings is 2. The summed E-state index contributed by atoms with van der Waals surface area (Å²) in [6.07, 6.45) is 3.68. The fraction of sp³-hybridized carbons (Fsp3) is 0.0500. The lowest BCUT2D eigenvalue weighted by Crippen LogP contribution is -2.15. The van der Waals surface area contributed by atoms with E-state index in [9.17, 15) is 4.79 Å². The highest BCUT2D eigenvalue weighted by Gasteiger charge is 2.18. The van der Waals surface area contributed by atoms with Crippen LogP contribution in [0.4, 0.5) is 5.82 Å². The van der Waals surface area contributed by atoms with E-state index in [2.05, 4.69) is 15.4 Å². The maximum Gasteiger partial charge on any atom is 0.230 e. The van der Waals surface area contributed by atoms with E-state index in [1.807, 2.05) is 30.3 Å². The lowest BCUT2D eigenvalue weighted by atomic mass is 10.1. The normalized spacial score (nSPS) is 10.9. The minimum atomic E-state index is -0.177. The van der Waals surface area contributed by atoms with Crippen molar-refractivity contribution in [2.75, 3.05) is 5.32 Å². The number of halogens is 2. The van der Waals surface area contributed by atoms with Gasteiger partial charge in [-0.2, -0.15) is 0 Å². The molecule has 2 aromatic heterocycles. The van der Waals surface area contributed by atoms with Crippen molar-refractivity contribution in [3.63, 3.8) is 0 Å². The van der Waals surface area contributed by atoms with Crippen LogP contribution in [0.25, 0.3) is 16.8 Å². The Morgan fingerprint density at radius 2 is 1.85 bits per heavy atom. The molecule has 4 rings (SSSR count). The van der Waals surface area contributed by atoms with E-state index in [-0.39, 0.29) is 12.3 Å². The monoisotopic (exact) mass is 396 g/mol. The summed E-state index contributed by atoms with van der Waals surface area (Å²) in [6.45, 7) is 0. The van der Waals surface area contributed by atoms with Crippen LogP contribution >= 0.6 is 23.2 Å². The van der Waals surface area contributed by atoms with Gasteiger partial charge in [0.1, 0.15) is 0 Å². The van der Waals surface area contributed by atoms with Gasteiger partial charge in [0, 0.05) is 22.4 Å². The zero-order chi connectivity index (χ0) is 18.8. The average molecular weight is 397 g/mol. The third-order valence-corrected chi connectivity index (χ3v) is 4.53. The van der Waals surface area contributed by atoms with Crippen LogP contribution in [0.15, 0.2) is 67.0 Å². The Kier molecular flexibility index (Phi) is 4.79. The molecule has 2 aromatic carbocycles. The van der Waals surface area contributed by atoms with Gasteiger partial charge in [0.2, 0.25) is 5.91 Å². The minimum Gasteiger partial charge on any atom is -0.308 e. The van der Waals surface area contributed by atoms with Crippen molar-refractivity contribution >= 4 is 40.6 Å². The molecule has 0 atom stereocenters. The van der Waals surface area contributed by atoms with Crippen LogP contribution in [0.2, 0.25) is 10.0 Å². The second-order valence-electron chi connectivity index (χ2n) is 5.97. The van der Waals surface area contributed by atoms with Crippen LogP contribution in [-0.4, -0.2) is 20.5 Å². The first-order valence-corrected chi connectivity index (χ1v) is 8.99. The first-order valence-electron chi connectivity index (χ1n) is 8.24. The largest absolute Gasteiger partial charge is 0.308 e. The smallest absolute Gasteiger partial charge is 0.230 e. The van der Waals surface area contributed by atoms with Gasteiger partial charge in [-0.3, -0.25) is 4.79 Å². The molecule has 0 aliphatic rings. The van der Waals surface area contributed by atoms with E-state index in [1.165, 1.54) is 0 Å². The number of aromatic nitrogens is 3. The summed E-state index contributed by atoms with van der Waals surface area (Å²) in [5.41, 5.74) is 3.06. The van der Waals surface area contributed by atoms with E-state index in [0.717, 1.165) is 16.7 Å². The summed E-state index contributed by atoms with van der Waals surface area (Å²) in [5, 5.41) is 8.60. The van der Waals surface area contributed by atoms with E-state index < -0.39 is 0 Å². The Labute approximate surface area is 165 Å². The lowest BCUT2D eigenvalue weighted by molar-refractivity contribution is -0.115. The molecule has 0 fully saturated rings. The molecule has 4 aromatic rings. The van der Waals surface area contributed by atoms with E-state index in [4.69, 9.17) is 23.2 Å². The summed E-state index contributed by atoms with van der Waals surface area (Å²) in [7, 11) is 0. The van der Waals surface area contributed by atoms with Crippen LogP contribution in [0.5, 0.6) is 0 Å². The molecule has 1 amide bonds. The highest BCUT2D eigenvalue weighted by Crippen LogP contribution is 2.32. The van der Waals surface area contributed by atoms with Crippen LogP contribution in [-0.2, 0) is 11.2 Å². The Morgan fingerprint density at radius 1 is 1.04 bits per heavy atom. The van der Waals surface area contributed by atoms with Crippen molar-refractivity contribution in [3.8, 4) is 11.1 Å². The van der Waals surface area contributed by atoms with Gasteiger partial charge in [-0.25, -0.2) is 9.50 Å². The molecule has 0 aliphatic heterocycles. The zero-order valence-corrected chi connectivity index (χ0v) is 15.6. The van der Waals surface area contributed by atoms with E-state index in [0.29, 0.717) is 21.5 Å². The topological polar surface area (TPSA) is 59.3 Å². The van der Waals surface area contributed by atoms with Gasteiger partial charge in [0.05, 0.1) is 12.0 Å². The van der Waals surface area contributed by atoms with Crippen molar-refractivity contribution in [1.29, 1.82) is 0 Å². The first kappa shape index (κ1) is 17.5. The highest BCUT2D eigenvalue weighted by molar-refractivity contribution is 6.31. The number of nitrogens with zero attached hydrogens (tertiary/aromatic N) is 3. The second-order valence-corrected chi connectivity index (χ2v) is 6.85. The molecule has 0 bridgehead atoms. The number of carbonyl (C=O) groups excluding carboxylic acids is 1. The standard InChI is InChI=1S/C20H14Cl2N4O/c21-15-7-5-13(6-8-15)11-17(27)24-19-18(14-3-1-4-16(22)12-14)20-23-9-2-10-26(20)25-19/h1-10,12H,11H2,(H,24,25,27). The number of anilines is 1. The summed E-state index contributed by atoms with van der Waals surface area (Å²) in [5.74, 6) is 0.263. The van der Waals surface area contributed by atoms with Crippen LogP contribution in [0.1, 0.15) is 5.56 Å². The molecule has 0 unspecified atom stereocenters. The molecule has 2 heterocycles. The number of hydrogen-bond donors (Lipinski definition) is 1. The average Bonchev–Trinajstić information content (AvgIpc) is 3.01. The maximum absolute atomic E-state index is 12.6. The van der Waals surface area contributed by atoms with Crippen molar-refractivity contribution in [2.45, 2.75) is 6.42 Å². The molecule has 134 valence electrons. The fourth-order valence-corrected chi connectivity index (χ4v) is 3.16. The SMILES string of the molecule is O=C(Cc1ccc(Cl)cc1)Nc1nn2cccnc2c1-c1cccc(Cl)c1. The Hall–Kier alpha value is -2.89. The molecule has 0 aliphatic carbocycles. The second kappa shape index (κ2) is 7.39. The Morgan fingerprint density at radius 3 is 2.63 bits per heavy atom. The zero-order valence-electron chi connectivity index (χ0n) is 14.1. The summed E-state index contributed by atoms with van der Waals surface area (Å²) >= 11 is 12.0. The van der Waals surface area contributed by atoms with Gasteiger partial charge >= 0.3 is 0 Å². The van der Waals surface area contributed by atoms with Gasteiger partial charge in [0.15, 0.2) is 11.5 Å². The molecular weight excluding hydrogens is 383 g/mol. The number of nitrogens with one attached hydrogen (secondary N) is 1. The van der Waals surface area contributed by atoms with Crippen LogP contribution < -0.4 is 5.32 Å². The fourth-order valence-electron chi connectivity index (χ4n) is 2.85. The summed E-state index contributed by atoms with van der Waals surface area (Å²) in [6, 6.07) is 16.3. The van der Waals surface area contributed by atoms with Gasteiger partial charge in [-0.1, -0.05) is 47.5 Å². The van der Waals surface area contributed by atoms with Crippen molar-refractivity contribution < 1.29 is 4.79 Å². The van der Waals surface area contributed by atoms with E-state index >= 15 is 0 Å². The predicted octanol–water partition coefficient (Wildman–Crippen LogP) is 4.88.